The number of rotatable bonds is 5. The average Bonchev–Trinajstić information content (AvgIpc) is 3.54. The first-order valence-corrected chi connectivity index (χ1v) is 12.1. The van der Waals surface area contributed by atoms with Gasteiger partial charge in [-0.3, -0.25) is 5.32 Å². The molecule has 0 spiro atoms. The Hall–Kier alpha value is -3.78. The van der Waals surface area contributed by atoms with Crippen LogP contribution < -0.4 is 5.32 Å². The van der Waals surface area contributed by atoms with E-state index in [1.165, 1.54) is 0 Å². The highest BCUT2D eigenvalue weighted by Crippen LogP contribution is 2.34. The number of nitrogens with one attached hydrogen (secondary N) is 1. The topological polar surface area (TPSA) is 90.0 Å². The van der Waals surface area contributed by atoms with Crippen molar-refractivity contribution in [1.29, 1.82) is 0 Å². The first-order valence-electron chi connectivity index (χ1n) is 12.1. The molecule has 8 nitrogen and oxygen atoms in total. The molecule has 8 heteroatoms. The number of aromatic nitrogens is 3. The lowest BCUT2D eigenvalue weighted by Crippen LogP contribution is -2.60. The van der Waals surface area contributed by atoms with E-state index in [2.05, 4.69) is 10.5 Å². The minimum absolute atomic E-state index is 0.0880. The van der Waals surface area contributed by atoms with Crippen molar-refractivity contribution in [3.8, 4) is 11.3 Å². The van der Waals surface area contributed by atoms with Crippen molar-refractivity contribution < 1.29 is 18.6 Å². The summed E-state index contributed by atoms with van der Waals surface area (Å²) < 4.78 is 7.21. The van der Waals surface area contributed by atoms with Crippen molar-refractivity contribution in [2.75, 3.05) is 11.9 Å². The fraction of sp³-hybridized carbons (Fsp3) is 0.333. The molecular formula is C27H30N5O3+. The SMILES string of the molecule is Cc1onc(-c2ccccc2)c1NC(=O)[N+]1(C(=O)CCc2nc3ccccc3n2C)CCC[C@H]1C. The molecule has 2 aromatic heterocycles. The van der Waals surface area contributed by atoms with E-state index in [0.717, 1.165) is 35.3 Å². The third-order valence-electron chi connectivity index (χ3n) is 7.28. The number of anilines is 1. The van der Waals surface area contributed by atoms with Crippen LogP contribution in [0.25, 0.3) is 22.3 Å². The van der Waals surface area contributed by atoms with Gasteiger partial charge in [0.15, 0.2) is 5.76 Å². The summed E-state index contributed by atoms with van der Waals surface area (Å²) in [4.78, 5) is 32.2. The third kappa shape index (κ3) is 3.93. The van der Waals surface area contributed by atoms with E-state index < -0.39 is 0 Å². The van der Waals surface area contributed by atoms with E-state index >= 15 is 0 Å². The standard InChI is InChI=1S/C27H29N5O3/c1-18-10-9-17-32(18,24(33)16-15-23-28-21-13-7-8-14-22(21)31(23)3)27(34)29-25-19(2)35-30-26(25)20-11-5-4-6-12-20/h4-8,11-14,18H,9-10,15-17H2,1-3H3/p+1/t18-,32?/m1/s1. The minimum atomic E-state index is -0.325. The van der Waals surface area contributed by atoms with E-state index in [1.54, 1.807) is 6.92 Å². The summed E-state index contributed by atoms with van der Waals surface area (Å²) in [6, 6.07) is 17.1. The molecule has 0 saturated carbocycles. The zero-order valence-electron chi connectivity index (χ0n) is 20.3. The molecule has 4 aromatic rings. The summed E-state index contributed by atoms with van der Waals surface area (Å²) in [6.45, 7) is 4.23. The largest absolute Gasteiger partial charge is 0.428 e. The maximum Gasteiger partial charge on any atom is 0.428 e. The number of amides is 3. The molecule has 1 unspecified atom stereocenters. The van der Waals surface area contributed by atoms with Crippen LogP contribution >= 0.6 is 0 Å². The van der Waals surface area contributed by atoms with Crippen molar-refractivity contribution in [3.05, 3.63) is 66.2 Å². The van der Waals surface area contributed by atoms with Gasteiger partial charge < -0.3 is 9.09 Å². The van der Waals surface area contributed by atoms with Gasteiger partial charge in [-0.1, -0.05) is 47.6 Å². The van der Waals surface area contributed by atoms with Gasteiger partial charge in [0.2, 0.25) is 0 Å². The summed E-state index contributed by atoms with van der Waals surface area (Å²) >= 11 is 0. The van der Waals surface area contributed by atoms with Crippen LogP contribution in [0.15, 0.2) is 59.1 Å². The Kier molecular flexibility index (Phi) is 5.98. The van der Waals surface area contributed by atoms with Crippen LogP contribution in [0, 0.1) is 6.92 Å². The average molecular weight is 473 g/mol. The molecule has 1 fully saturated rings. The van der Waals surface area contributed by atoms with E-state index in [1.807, 2.05) is 73.1 Å². The number of carbonyl (C=O) groups excluding carboxylic acids is 2. The Morgan fingerprint density at radius 3 is 2.60 bits per heavy atom. The van der Waals surface area contributed by atoms with Gasteiger partial charge in [-0.2, -0.15) is 4.48 Å². The first kappa shape index (κ1) is 23.0. The molecule has 1 N–H and O–H groups in total. The molecule has 1 aliphatic rings. The molecule has 5 rings (SSSR count). The molecular weight excluding hydrogens is 442 g/mol. The maximum atomic E-state index is 13.8. The van der Waals surface area contributed by atoms with Gasteiger partial charge in [0, 0.05) is 31.9 Å². The number of carbonyl (C=O) groups is 2. The number of benzene rings is 2. The van der Waals surface area contributed by atoms with Crippen LogP contribution in [0.4, 0.5) is 10.5 Å². The summed E-state index contributed by atoms with van der Waals surface area (Å²) in [7, 11) is 1.96. The molecule has 0 radical (unpaired) electrons. The Morgan fingerprint density at radius 2 is 1.89 bits per heavy atom. The van der Waals surface area contributed by atoms with Crippen LogP contribution in [-0.4, -0.2) is 43.7 Å². The number of urea groups is 1. The van der Waals surface area contributed by atoms with Gasteiger partial charge in [0.1, 0.15) is 23.2 Å². The second-order valence-electron chi connectivity index (χ2n) is 9.31. The van der Waals surface area contributed by atoms with Crippen molar-refractivity contribution >= 4 is 28.7 Å². The van der Waals surface area contributed by atoms with Crippen LogP contribution in [0.3, 0.4) is 0 Å². The number of quaternary nitrogens is 1. The predicted octanol–water partition coefficient (Wildman–Crippen LogP) is 5.23. The number of likely N-dealkylation sites (tertiary alicyclic amines) is 1. The number of aryl methyl sites for hydroxylation is 3. The second kappa shape index (κ2) is 9.11. The van der Waals surface area contributed by atoms with Gasteiger partial charge in [-0.15, -0.1) is 0 Å². The predicted molar refractivity (Wildman–Crippen MR) is 134 cm³/mol. The summed E-state index contributed by atoms with van der Waals surface area (Å²) in [6.07, 6.45) is 2.36. The normalized spacial score (nSPS) is 19.8. The fourth-order valence-corrected chi connectivity index (χ4v) is 5.22. The number of fused-ring (bicyclic) bond motifs is 1. The molecule has 180 valence electrons. The van der Waals surface area contributed by atoms with E-state index in [-0.39, 0.29) is 28.9 Å². The Morgan fingerprint density at radius 1 is 1.14 bits per heavy atom. The Labute approximate surface area is 204 Å². The Balaban J connectivity index is 1.40. The second-order valence-corrected chi connectivity index (χ2v) is 9.31. The summed E-state index contributed by atoms with van der Waals surface area (Å²) in [5.41, 5.74) is 3.86. The highest BCUT2D eigenvalue weighted by molar-refractivity contribution is 5.96. The Bertz CT molecular complexity index is 1390. The summed E-state index contributed by atoms with van der Waals surface area (Å²) in [5.74, 6) is 1.26. The minimum Gasteiger partial charge on any atom is -0.359 e. The van der Waals surface area contributed by atoms with Gasteiger partial charge in [0.05, 0.1) is 24.0 Å². The van der Waals surface area contributed by atoms with Gasteiger partial charge >= 0.3 is 11.9 Å². The van der Waals surface area contributed by atoms with Gasteiger partial charge in [-0.25, -0.2) is 14.6 Å². The lowest BCUT2D eigenvalue weighted by molar-refractivity contribution is -0.782. The molecule has 0 aliphatic carbocycles. The lowest BCUT2D eigenvalue weighted by Gasteiger charge is -2.32. The highest BCUT2D eigenvalue weighted by Gasteiger charge is 2.52. The number of imide groups is 1. The smallest absolute Gasteiger partial charge is 0.359 e. The van der Waals surface area contributed by atoms with Crippen LogP contribution in [0.2, 0.25) is 0 Å². The molecule has 1 saturated heterocycles. The van der Waals surface area contributed by atoms with Crippen molar-refractivity contribution in [2.45, 2.75) is 45.6 Å². The van der Waals surface area contributed by atoms with Crippen molar-refractivity contribution in [3.63, 3.8) is 0 Å². The molecule has 2 atom stereocenters. The van der Waals surface area contributed by atoms with E-state index in [9.17, 15) is 9.59 Å². The van der Waals surface area contributed by atoms with E-state index in [0.29, 0.717) is 30.1 Å². The molecule has 2 aromatic carbocycles. The molecule has 1 aliphatic heterocycles. The zero-order valence-corrected chi connectivity index (χ0v) is 20.3. The highest BCUT2D eigenvalue weighted by atomic mass is 16.5. The maximum absolute atomic E-state index is 13.8. The molecule has 0 bridgehead atoms. The quantitative estimate of drug-likeness (QED) is 0.402. The number of hydrogen-bond acceptors (Lipinski definition) is 5. The van der Waals surface area contributed by atoms with Crippen molar-refractivity contribution in [2.24, 2.45) is 7.05 Å². The number of imidazole rings is 1. The molecule has 3 amide bonds. The fourth-order valence-electron chi connectivity index (χ4n) is 5.22. The van der Waals surface area contributed by atoms with E-state index in [4.69, 9.17) is 9.51 Å². The number of hydrogen-bond donors (Lipinski definition) is 1. The molecule has 35 heavy (non-hydrogen) atoms. The first-order chi connectivity index (χ1) is 16.9. The van der Waals surface area contributed by atoms with Crippen LogP contribution in [-0.2, 0) is 18.3 Å². The third-order valence-corrected chi connectivity index (χ3v) is 7.28. The number of nitrogens with zero attached hydrogens (tertiary/aromatic N) is 4. The number of para-hydroxylation sites is 2. The van der Waals surface area contributed by atoms with Gasteiger partial charge in [0.25, 0.3) is 0 Å². The van der Waals surface area contributed by atoms with Crippen molar-refractivity contribution in [1.82, 2.24) is 14.7 Å². The van der Waals surface area contributed by atoms with Crippen LogP contribution in [0.1, 0.15) is 37.8 Å². The molecule has 3 heterocycles. The monoisotopic (exact) mass is 472 g/mol. The van der Waals surface area contributed by atoms with Crippen LogP contribution in [0.5, 0.6) is 0 Å². The van der Waals surface area contributed by atoms with Gasteiger partial charge in [-0.05, 0) is 26.0 Å². The lowest BCUT2D eigenvalue weighted by atomic mass is 10.1. The zero-order chi connectivity index (χ0) is 24.6. The summed E-state index contributed by atoms with van der Waals surface area (Å²) in [5, 5.41) is 7.18.